The molecule has 0 radical (unpaired) electrons. The lowest BCUT2D eigenvalue weighted by molar-refractivity contribution is 0.578. The first-order chi connectivity index (χ1) is 7.63. The number of nitrogens with one attached hydrogen (secondary N) is 1. The zero-order valence-electron chi connectivity index (χ0n) is 10.7. The molecule has 1 aliphatic rings. The molecule has 88 valence electrons. The van der Waals surface area contributed by atoms with Gasteiger partial charge < -0.3 is 10.2 Å². The van der Waals surface area contributed by atoms with Gasteiger partial charge in [-0.25, -0.2) is 0 Å². The summed E-state index contributed by atoms with van der Waals surface area (Å²) in [5, 5.41) is 3.56. The molecular weight excluding hydrogens is 196 g/mol. The Labute approximate surface area is 98.7 Å². The maximum Gasteiger partial charge on any atom is 0.0518 e. The molecule has 1 aromatic rings. The molecule has 16 heavy (non-hydrogen) atoms. The van der Waals surface area contributed by atoms with Gasteiger partial charge in [0.2, 0.25) is 0 Å². The van der Waals surface area contributed by atoms with Crippen molar-refractivity contribution >= 4 is 5.69 Å². The van der Waals surface area contributed by atoms with Gasteiger partial charge in [0.05, 0.1) is 6.04 Å². The molecule has 0 saturated heterocycles. The second kappa shape index (κ2) is 4.46. The van der Waals surface area contributed by atoms with Gasteiger partial charge in [-0.1, -0.05) is 32.9 Å². The highest BCUT2D eigenvalue weighted by Gasteiger charge is 2.25. The van der Waals surface area contributed by atoms with E-state index in [4.69, 9.17) is 0 Å². The van der Waals surface area contributed by atoms with Crippen molar-refractivity contribution in [3.8, 4) is 0 Å². The lowest BCUT2D eigenvalue weighted by Crippen LogP contribution is -2.25. The fraction of sp³-hybridized carbons (Fsp3) is 0.571. The Morgan fingerprint density at radius 1 is 1.44 bits per heavy atom. The van der Waals surface area contributed by atoms with Crippen molar-refractivity contribution in [3.05, 3.63) is 29.3 Å². The van der Waals surface area contributed by atoms with E-state index in [1.807, 2.05) is 0 Å². The molecule has 1 aliphatic heterocycles. The normalized spacial score (nSPS) is 19.3. The van der Waals surface area contributed by atoms with Crippen molar-refractivity contribution in [2.45, 2.75) is 32.7 Å². The van der Waals surface area contributed by atoms with Crippen LogP contribution in [0.2, 0.25) is 0 Å². The Balaban J connectivity index is 2.35. The van der Waals surface area contributed by atoms with E-state index in [9.17, 15) is 0 Å². The highest BCUT2D eigenvalue weighted by molar-refractivity contribution is 5.60. The van der Waals surface area contributed by atoms with Gasteiger partial charge in [-0.05, 0) is 29.7 Å². The van der Waals surface area contributed by atoms with E-state index in [1.165, 1.54) is 16.8 Å². The highest BCUT2D eigenvalue weighted by atomic mass is 15.2. The van der Waals surface area contributed by atoms with E-state index in [0.717, 1.165) is 13.1 Å². The monoisotopic (exact) mass is 218 g/mol. The fourth-order valence-corrected chi connectivity index (χ4v) is 2.45. The van der Waals surface area contributed by atoms with E-state index in [2.05, 4.69) is 56.2 Å². The van der Waals surface area contributed by atoms with Crippen molar-refractivity contribution in [1.82, 2.24) is 5.32 Å². The Morgan fingerprint density at radius 2 is 2.19 bits per heavy atom. The van der Waals surface area contributed by atoms with Crippen molar-refractivity contribution in [2.24, 2.45) is 0 Å². The van der Waals surface area contributed by atoms with Gasteiger partial charge in [-0.15, -0.1) is 0 Å². The van der Waals surface area contributed by atoms with E-state index in [0.29, 0.717) is 12.0 Å². The quantitative estimate of drug-likeness (QED) is 0.839. The molecule has 1 aromatic carbocycles. The van der Waals surface area contributed by atoms with Gasteiger partial charge in [-0.3, -0.25) is 0 Å². The van der Waals surface area contributed by atoms with E-state index >= 15 is 0 Å². The third-order valence-electron chi connectivity index (χ3n) is 3.41. The second-order valence-corrected chi connectivity index (χ2v) is 4.96. The van der Waals surface area contributed by atoms with Crippen LogP contribution in [-0.2, 0) is 0 Å². The average molecular weight is 218 g/mol. The molecule has 2 nitrogen and oxygen atoms in total. The van der Waals surface area contributed by atoms with Gasteiger partial charge in [0.25, 0.3) is 0 Å². The molecule has 0 aliphatic carbocycles. The Bertz CT molecular complexity index is 371. The number of fused-ring (bicyclic) bond motifs is 1. The molecule has 0 saturated carbocycles. The van der Waals surface area contributed by atoms with Crippen LogP contribution in [0.1, 0.15) is 43.9 Å². The zero-order valence-corrected chi connectivity index (χ0v) is 10.7. The van der Waals surface area contributed by atoms with Crippen LogP contribution in [0.3, 0.4) is 0 Å². The second-order valence-electron chi connectivity index (χ2n) is 4.96. The Kier molecular flexibility index (Phi) is 3.20. The average Bonchev–Trinajstić information content (AvgIpc) is 2.56. The molecule has 1 N–H and O–H groups in total. The number of rotatable bonds is 3. The maximum atomic E-state index is 3.56. The number of nitrogens with zero attached hydrogens (tertiary/aromatic N) is 1. The number of benzene rings is 1. The summed E-state index contributed by atoms with van der Waals surface area (Å²) in [4.78, 5) is 2.34. The summed E-state index contributed by atoms with van der Waals surface area (Å²) in [6.07, 6.45) is 0. The van der Waals surface area contributed by atoms with Crippen LogP contribution in [0, 0.1) is 0 Å². The topological polar surface area (TPSA) is 15.3 Å². The lowest BCUT2D eigenvalue weighted by atomic mass is 9.98. The molecular formula is C14H22N2. The molecule has 1 atom stereocenters. The third-order valence-corrected chi connectivity index (χ3v) is 3.41. The van der Waals surface area contributed by atoms with E-state index in [-0.39, 0.29) is 0 Å². The molecule has 0 bridgehead atoms. The van der Waals surface area contributed by atoms with Gasteiger partial charge in [-0.2, -0.15) is 0 Å². The summed E-state index contributed by atoms with van der Waals surface area (Å²) < 4.78 is 0. The molecule has 0 amide bonds. The first-order valence-corrected chi connectivity index (χ1v) is 6.21. The lowest BCUT2D eigenvalue weighted by Gasteiger charge is -2.13. The first-order valence-electron chi connectivity index (χ1n) is 6.21. The van der Waals surface area contributed by atoms with E-state index in [1.54, 1.807) is 0 Å². The standard InChI is InChI=1S/C14H22N2/c1-5-15-13-9-16(4)14-7-6-11(10(2)3)8-12(13)14/h6-8,10,13,15H,5,9H2,1-4H3. The fourth-order valence-electron chi connectivity index (χ4n) is 2.45. The highest BCUT2D eigenvalue weighted by Crippen LogP contribution is 2.35. The first kappa shape index (κ1) is 11.5. The maximum absolute atomic E-state index is 3.56. The minimum absolute atomic E-state index is 0.503. The smallest absolute Gasteiger partial charge is 0.0518 e. The minimum atomic E-state index is 0.503. The van der Waals surface area contributed by atoms with Crippen LogP contribution in [0.4, 0.5) is 5.69 Å². The Hall–Kier alpha value is -1.02. The number of likely N-dealkylation sites (N-methyl/N-ethyl adjacent to an activating group) is 2. The van der Waals surface area contributed by atoms with Gasteiger partial charge in [0.15, 0.2) is 0 Å². The predicted molar refractivity (Wildman–Crippen MR) is 70.2 cm³/mol. The molecule has 0 aromatic heterocycles. The van der Waals surface area contributed by atoms with Gasteiger partial charge >= 0.3 is 0 Å². The van der Waals surface area contributed by atoms with Gasteiger partial charge in [0, 0.05) is 19.3 Å². The summed E-state index contributed by atoms with van der Waals surface area (Å²) in [5.41, 5.74) is 4.29. The Morgan fingerprint density at radius 3 is 2.81 bits per heavy atom. The van der Waals surface area contributed by atoms with Crippen molar-refractivity contribution in [1.29, 1.82) is 0 Å². The van der Waals surface area contributed by atoms with Crippen LogP contribution in [0.5, 0.6) is 0 Å². The van der Waals surface area contributed by atoms with Crippen LogP contribution in [0.25, 0.3) is 0 Å². The largest absolute Gasteiger partial charge is 0.372 e. The van der Waals surface area contributed by atoms with Crippen LogP contribution in [-0.4, -0.2) is 20.1 Å². The molecule has 2 heteroatoms. The molecule has 2 rings (SSSR count). The minimum Gasteiger partial charge on any atom is -0.372 e. The van der Waals surface area contributed by atoms with Crippen LogP contribution >= 0.6 is 0 Å². The summed E-state index contributed by atoms with van der Waals surface area (Å²) in [6.45, 7) is 8.80. The van der Waals surface area contributed by atoms with Crippen molar-refractivity contribution in [3.63, 3.8) is 0 Å². The molecule has 0 spiro atoms. The number of hydrogen-bond donors (Lipinski definition) is 1. The summed E-state index contributed by atoms with van der Waals surface area (Å²) in [6, 6.07) is 7.40. The van der Waals surface area contributed by atoms with Crippen LogP contribution < -0.4 is 10.2 Å². The molecule has 1 heterocycles. The summed E-state index contributed by atoms with van der Waals surface area (Å²) in [7, 11) is 2.17. The third kappa shape index (κ3) is 1.94. The van der Waals surface area contributed by atoms with Crippen molar-refractivity contribution in [2.75, 3.05) is 25.0 Å². The molecule has 0 fully saturated rings. The van der Waals surface area contributed by atoms with Crippen LogP contribution in [0.15, 0.2) is 18.2 Å². The summed E-state index contributed by atoms with van der Waals surface area (Å²) >= 11 is 0. The van der Waals surface area contributed by atoms with E-state index < -0.39 is 0 Å². The number of hydrogen-bond acceptors (Lipinski definition) is 2. The zero-order chi connectivity index (χ0) is 11.7. The predicted octanol–water partition coefficient (Wildman–Crippen LogP) is 2.91. The molecule has 1 unspecified atom stereocenters. The van der Waals surface area contributed by atoms with Crippen molar-refractivity contribution < 1.29 is 0 Å². The van der Waals surface area contributed by atoms with Gasteiger partial charge in [0.1, 0.15) is 0 Å². The number of anilines is 1. The summed E-state index contributed by atoms with van der Waals surface area (Å²) in [5.74, 6) is 0.610. The SMILES string of the molecule is CCNC1CN(C)c2ccc(C(C)C)cc21.